The first kappa shape index (κ1) is 20.1. The fourth-order valence-electron chi connectivity index (χ4n) is 4.40. The average Bonchev–Trinajstić information content (AvgIpc) is 3.01. The van der Waals surface area contributed by atoms with Crippen molar-refractivity contribution in [2.75, 3.05) is 13.6 Å². The molecule has 2 aliphatic rings. The third-order valence-electron chi connectivity index (χ3n) is 5.99. The number of carbonyl (C=O) groups is 3. The highest BCUT2D eigenvalue weighted by atomic mass is 16.2. The van der Waals surface area contributed by atoms with Crippen LogP contribution >= 0.6 is 0 Å². The van der Waals surface area contributed by atoms with Crippen LogP contribution in [0.15, 0.2) is 36.5 Å². The minimum atomic E-state index is -0.885. The maximum absolute atomic E-state index is 13.2. The van der Waals surface area contributed by atoms with Crippen LogP contribution in [0.3, 0.4) is 0 Å². The molecule has 2 fully saturated rings. The van der Waals surface area contributed by atoms with Crippen molar-refractivity contribution in [3.8, 4) is 0 Å². The largest absolute Gasteiger partial charge is 0.327 e. The second kappa shape index (κ2) is 7.60. The number of rotatable bonds is 6. The Labute approximate surface area is 156 Å². The van der Waals surface area contributed by atoms with Gasteiger partial charge in [0.2, 0.25) is 0 Å². The summed E-state index contributed by atoms with van der Waals surface area (Å²) in [5.74, 6) is 0.420. The van der Waals surface area contributed by atoms with E-state index >= 15 is 0 Å². The molecule has 0 N–H and O–H groups in total. The Morgan fingerprint density at radius 2 is 1.92 bits per heavy atom. The fourth-order valence-corrected chi connectivity index (χ4v) is 4.40. The summed E-state index contributed by atoms with van der Waals surface area (Å²) in [5.41, 5.74) is -0.605. The molecule has 1 saturated heterocycles. The van der Waals surface area contributed by atoms with Gasteiger partial charge in [-0.3, -0.25) is 14.5 Å². The number of urea groups is 1. The second-order valence-electron chi connectivity index (χ2n) is 7.87. The van der Waals surface area contributed by atoms with Crippen molar-refractivity contribution >= 4 is 17.7 Å². The summed E-state index contributed by atoms with van der Waals surface area (Å²) in [4.78, 5) is 40.9. The number of amides is 3. The van der Waals surface area contributed by atoms with Gasteiger partial charge in [0, 0.05) is 12.6 Å². The van der Waals surface area contributed by atoms with Gasteiger partial charge in [-0.2, -0.15) is 0 Å². The molecule has 0 aromatic heterocycles. The third kappa shape index (κ3) is 3.39. The Morgan fingerprint density at radius 3 is 2.46 bits per heavy atom. The average molecular weight is 358 g/mol. The van der Waals surface area contributed by atoms with Gasteiger partial charge < -0.3 is 4.90 Å². The van der Waals surface area contributed by atoms with E-state index in [4.69, 9.17) is 0 Å². The Kier molecular flexibility index (Phi) is 5.89. The molecule has 1 aliphatic carbocycles. The number of hydrogen-bond donors (Lipinski definition) is 0. The van der Waals surface area contributed by atoms with Crippen LogP contribution < -0.4 is 0 Å². The molecule has 5 nitrogen and oxygen atoms in total. The van der Waals surface area contributed by atoms with E-state index < -0.39 is 11.6 Å². The van der Waals surface area contributed by atoms with Crippen molar-refractivity contribution in [1.29, 1.82) is 0 Å². The monoisotopic (exact) mass is 358 g/mol. The van der Waals surface area contributed by atoms with Crippen LogP contribution in [-0.2, 0) is 9.59 Å². The van der Waals surface area contributed by atoms with Gasteiger partial charge in [0.1, 0.15) is 5.54 Å². The number of allylic oxidation sites excluding steroid dienone is 4. The number of imide groups is 1. The number of likely N-dealkylation sites (N-methyl/N-ethyl adjacent to an activating group) is 1. The van der Waals surface area contributed by atoms with Crippen LogP contribution in [0.25, 0.3) is 0 Å². The van der Waals surface area contributed by atoms with Crippen molar-refractivity contribution in [2.45, 2.75) is 46.1 Å². The van der Waals surface area contributed by atoms with Crippen LogP contribution in [0, 0.1) is 17.8 Å². The van der Waals surface area contributed by atoms with Crippen molar-refractivity contribution in [3.63, 3.8) is 0 Å². The molecule has 1 aliphatic heterocycles. The van der Waals surface area contributed by atoms with Crippen molar-refractivity contribution in [2.24, 2.45) is 17.8 Å². The van der Waals surface area contributed by atoms with E-state index in [1.165, 1.54) is 4.90 Å². The first-order valence-corrected chi connectivity index (χ1v) is 9.25. The second-order valence-corrected chi connectivity index (χ2v) is 7.87. The highest BCUT2D eigenvalue weighted by Gasteiger charge is 2.59. The van der Waals surface area contributed by atoms with Crippen LogP contribution in [0.2, 0.25) is 0 Å². The molecule has 0 aromatic carbocycles. The molecule has 0 aromatic rings. The Hall–Kier alpha value is -2.17. The van der Waals surface area contributed by atoms with E-state index in [0.29, 0.717) is 11.8 Å². The summed E-state index contributed by atoms with van der Waals surface area (Å²) < 4.78 is 0. The zero-order chi connectivity index (χ0) is 19.6. The summed E-state index contributed by atoms with van der Waals surface area (Å²) in [6.45, 7) is 11.5. The van der Waals surface area contributed by atoms with Gasteiger partial charge in [-0.15, -0.1) is 0 Å². The predicted molar refractivity (Wildman–Crippen MR) is 102 cm³/mol. The highest BCUT2D eigenvalue weighted by molar-refractivity contribution is 6.11. The van der Waals surface area contributed by atoms with Crippen LogP contribution in [0.1, 0.15) is 40.5 Å². The molecule has 26 heavy (non-hydrogen) atoms. The number of nitrogens with zero attached hydrogens (tertiary/aromatic N) is 2. The van der Waals surface area contributed by atoms with E-state index in [-0.39, 0.29) is 29.7 Å². The molecule has 4 atom stereocenters. The summed E-state index contributed by atoms with van der Waals surface area (Å²) in [7, 11) is 1.67. The zero-order valence-corrected chi connectivity index (χ0v) is 16.5. The van der Waals surface area contributed by atoms with Gasteiger partial charge in [0.15, 0.2) is 5.78 Å². The van der Waals surface area contributed by atoms with Crippen molar-refractivity contribution in [1.82, 2.24) is 9.80 Å². The van der Waals surface area contributed by atoms with Crippen LogP contribution in [0.5, 0.6) is 0 Å². The summed E-state index contributed by atoms with van der Waals surface area (Å²) >= 11 is 0. The van der Waals surface area contributed by atoms with E-state index in [1.807, 2.05) is 19.9 Å². The Balaban J connectivity index is 2.19. The first-order chi connectivity index (χ1) is 12.1. The fraction of sp³-hybridized carbons (Fsp3) is 0.571. The smallest absolute Gasteiger partial charge is 0.313 e. The van der Waals surface area contributed by atoms with Crippen LogP contribution in [0.4, 0.5) is 4.79 Å². The lowest BCUT2D eigenvalue weighted by Gasteiger charge is -2.37. The van der Waals surface area contributed by atoms with E-state index in [9.17, 15) is 14.4 Å². The van der Waals surface area contributed by atoms with Gasteiger partial charge in [-0.1, -0.05) is 44.7 Å². The minimum absolute atomic E-state index is 0.108. The molecule has 3 amide bonds. The standard InChI is InChI=1S/C21H30N2O3/c1-7-8-9-10-15(3)18(24)13-23-19(25)21(5,22(6)20(23)26)17-12-14(2)11-16(17)4/h7-10,14,16-17H,3,11-13H2,1-2,4-6H3/b8-7+,10-9-/t14-,16+,17?,21?/m1/s1. The normalized spacial score (nSPS) is 32.4. The third-order valence-corrected chi connectivity index (χ3v) is 5.99. The topological polar surface area (TPSA) is 57.7 Å². The molecular formula is C21H30N2O3. The Bertz CT molecular complexity index is 679. The quantitative estimate of drug-likeness (QED) is 0.414. The maximum atomic E-state index is 13.2. The molecule has 0 bridgehead atoms. The van der Waals surface area contributed by atoms with Gasteiger partial charge >= 0.3 is 6.03 Å². The predicted octanol–water partition coefficient (Wildman–Crippen LogP) is 3.58. The van der Waals surface area contributed by atoms with Crippen molar-refractivity contribution in [3.05, 3.63) is 36.5 Å². The van der Waals surface area contributed by atoms with E-state index in [1.54, 1.807) is 25.3 Å². The van der Waals surface area contributed by atoms with Crippen LogP contribution in [-0.4, -0.2) is 46.7 Å². The lowest BCUT2D eigenvalue weighted by Crippen LogP contribution is -2.52. The van der Waals surface area contributed by atoms with Gasteiger partial charge in [-0.05, 0) is 44.4 Å². The van der Waals surface area contributed by atoms with Crippen molar-refractivity contribution < 1.29 is 14.4 Å². The zero-order valence-electron chi connectivity index (χ0n) is 16.5. The van der Waals surface area contributed by atoms with Gasteiger partial charge in [-0.25, -0.2) is 4.79 Å². The summed E-state index contributed by atoms with van der Waals surface area (Å²) in [5, 5.41) is 0. The molecule has 142 valence electrons. The Morgan fingerprint density at radius 1 is 1.27 bits per heavy atom. The molecule has 2 unspecified atom stereocenters. The number of carbonyl (C=O) groups excluding carboxylic acids is 3. The summed E-state index contributed by atoms with van der Waals surface area (Å²) in [6, 6.07) is -0.400. The first-order valence-electron chi connectivity index (χ1n) is 9.25. The van der Waals surface area contributed by atoms with E-state index in [0.717, 1.165) is 17.7 Å². The maximum Gasteiger partial charge on any atom is 0.327 e. The minimum Gasteiger partial charge on any atom is -0.313 e. The molecule has 0 spiro atoms. The molecule has 1 heterocycles. The van der Waals surface area contributed by atoms with E-state index in [2.05, 4.69) is 20.4 Å². The summed E-state index contributed by atoms with van der Waals surface area (Å²) in [6.07, 6.45) is 8.91. The number of Topliss-reactive ketones (excluding diaryl/α,β-unsaturated/α-hetero) is 1. The van der Waals surface area contributed by atoms with Gasteiger partial charge in [0.25, 0.3) is 5.91 Å². The van der Waals surface area contributed by atoms with Gasteiger partial charge in [0.05, 0.1) is 6.54 Å². The number of hydrogen-bond acceptors (Lipinski definition) is 3. The molecule has 0 radical (unpaired) electrons. The molecule has 5 heteroatoms. The molecule has 2 rings (SSSR count). The lowest BCUT2D eigenvalue weighted by molar-refractivity contribution is -0.137. The number of ketones is 1. The lowest BCUT2D eigenvalue weighted by atomic mass is 9.78. The molecular weight excluding hydrogens is 328 g/mol. The highest BCUT2D eigenvalue weighted by Crippen LogP contribution is 2.47. The molecule has 1 saturated carbocycles. The SMILES string of the molecule is C=C(/C=C\C=C\C)C(=O)CN1C(=O)N(C)C(C)(C2C[C@H](C)C[C@@H]2C)C1=O.